The van der Waals surface area contributed by atoms with Crippen molar-refractivity contribution in [1.82, 2.24) is 20.8 Å². The van der Waals surface area contributed by atoms with E-state index in [9.17, 15) is 4.79 Å². The molecule has 1 aliphatic rings. The number of nitrogens with one attached hydrogen (secondary N) is 2. The van der Waals surface area contributed by atoms with Gasteiger partial charge in [-0.1, -0.05) is 23.4 Å². The lowest BCUT2D eigenvalue weighted by Crippen LogP contribution is -2.47. The first-order chi connectivity index (χ1) is 10.3. The van der Waals surface area contributed by atoms with Crippen LogP contribution in [0.1, 0.15) is 11.9 Å². The lowest BCUT2D eigenvalue weighted by molar-refractivity contribution is -0.121. The zero-order valence-electron chi connectivity index (χ0n) is 11.0. The van der Waals surface area contributed by atoms with Crippen molar-refractivity contribution in [2.45, 2.75) is 6.04 Å². The highest BCUT2D eigenvalue weighted by atomic mass is 16.5. The summed E-state index contributed by atoms with van der Waals surface area (Å²) in [5, 5.41) is 10.7. The van der Waals surface area contributed by atoms with Gasteiger partial charge in [-0.3, -0.25) is 10.1 Å². The minimum atomic E-state index is -0.173. The van der Waals surface area contributed by atoms with E-state index in [1.54, 1.807) is 0 Å². The fourth-order valence-electron chi connectivity index (χ4n) is 2.31. The Morgan fingerprint density at radius 3 is 3.00 bits per heavy atom. The van der Waals surface area contributed by atoms with Crippen LogP contribution in [0.25, 0.3) is 22.6 Å². The Labute approximate surface area is 119 Å². The number of fused-ring (bicyclic) bond motifs is 1. The Morgan fingerprint density at radius 2 is 2.19 bits per heavy atom. The molecule has 0 aliphatic carbocycles. The SMILES string of the molecule is O=C1CNC(c2nc(-c3cc4ccccc4o3)no2)CN1. The molecule has 1 fully saturated rings. The van der Waals surface area contributed by atoms with Crippen molar-refractivity contribution in [1.29, 1.82) is 0 Å². The summed E-state index contributed by atoms with van der Waals surface area (Å²) in [6, 6.07) is 9.40. The molecule has 1 aliphatic heterocycles. The molecule has 0 saturated carbocycles. The molecule has 1 saturated heterocycles. The third kappa shape index (κ3) is 2.17. The van der Waals surface area contributed by atoms with Crippen LogP contribution in [0.3, 0.4) is 0 Å². The molecule has 106 valence electrons. The van der Waals surface area contributed by atoms with Gasteiger partial charge in [0.05, 0.1) is 6.54 Å². The number of benzene rings is 1. The molecule has 1 amide bonds. The minimum absolute atomic E-state index is 0.0386. The lowest BCUT2D eigenvalue weighted by Gasteiger charge is -2.20. The monoisotopic (exact) mass is 284 g/mol. The standard InChI is InChI=1S/C14H12N4O3/c19-12-7-15-9(6-16-12)14-17-13(18-21-14)11-5-8-3-1-2-4-10(8)20-11/h1-5,9,15H,6-7H2,(H,16,19). The summed E-state index contributed by atoms with van der Waals surface area (Å²) in [7, 11) is 0. The van der Waals surface area contributed by atoms with Gasteiger partial charge in [-0.05, 0) is 12.1 Å². The third-order valence-electron chi connectivity index (χ3n) is 3.40. The number of furan rings is 1. The van der Waals surface area contributed by atoms with E-state index in [1.165, 1.54) is 0 Å². The molecule has 3 aromatic rings. The van der Waals surface area contributed by atoms with Crippen molar-refractivity contribution in [3.8, 4) is 11.6 Å². The highest BCUT2D eigenvalue weighted by Gasteiger charge is 2.25. The quantitative estimate of drug-likeness (QED) is 0.735. The van der Waals surface area contributed by atoms with Crippen LogP contribution in [-0.2, 0) is 4.79 Å². The van der Waals surface area contributed by atoms with Crippen LogP contribution in [0.15, 0.2) is 39.3 Å². The number of nitrogens with zero attached hydrogens (tertiary/aromatic N) is 2. The molecule has 4 rings (SSSR count). The van der Waals surface area contributed by atoms with Crippen LogP contribution < -0.4 is 10.6 Å². The van der Waals surface area contributed by atoms with Crippen LogP contribution >= 0.6 is 0 Å². The minimum Gasteiger partial charge on any atom is -0.453 e. The number of carbonyl (C=O) groups excluding carboxylic acids is 1. The van der Waals surface area contributed by atoms with Crippen molar-refractivity contribution in [3.05, 3.63) is 36.2 Å². The van der Waals surface area contributed by atoms with Gasteiger partial charge in [-0.15, -0.1) is 0 Å². The van der Waals surface area contributed by atoms with Crippen molar-refractivity contribution < 1.29 is 13.7 Å². The van der Waals surface area contributed by atoms with Gasteiger partial charge in [0.15, 0.2) is 5.76 Å². The van der Waals surface area contributed by atoms with Crippen molar-refractivity contribution in [3.63, 3.8) is 0 Å². The highest BCUT2D eigenvalue weighted by molar-refractivity contribution is 5.81. The second-order valence-electron chi connectivity index (χ2n) is 4.84. The first-order valence-electron chi connectivity index (χ1n) is 6.62. The normalized spacial score (nSPS) is 18.9. The Hall–Kier alpha value is -2.67. The molecular formula is C14H12N4O3. The molecule has 3 heterocycles. The molecule has 21 heavy (non-hydrogen) atoms. The van der Waals surface area contributed by atoms with Crippen molar-refractivity contribution in [2.75, 3.05) is 13.1 Å². The summed E-state index contributed by atoms with van der Waals surface area (Å²) in [6.07, 6.45) is 0. The Morgan fingerprint density at radius 1 is 1.29 bits per heavy atom. The predicted octanol–water partition coefficient (Wildman–Crippen LogP) is 1.24. The number of piperazine rings is 1. The highest BCUT2D eigenvalue weighted by Crippen LogP contribution is 2.26. The van der Waals surface area contributed by atoms with Crippen molar-refractivity contribution >= 4 is 16.9 Å². The third-order valence-corrected chi connectivity index (χ3v) is 3.40. The molecule has 1 aromatic carbocycles. The zero-order chi connectivity index (χ0) is 14.2. The largest absolute Gasteiger partial charge is 0.453 e. The van der Waals surface area contributed by atoms with Gasteiger partial charge in [0.2, 0.25) is 17.6 Å². The van der Waals surface area contributed by atoms with E-state index in [1.807, 2.05) is 30.3 Å². The predicted molar refractivity (Wildman–Crippen MR) is 73.3 cm³/mol. The van der Waals surface area contributed by atoms with Crippen LogP contribution in [0.5, 0.6) is 0 Å². The first kappa shape index (κ1) is 12.1. The van der Waals surface area contributed by atoms with Gasteiger partial charge in [-0.2, -0.15) is 4.98 Å². The van der Waals surface area contributed by atoms with Crippen LogP contribution in [0, 0.1) is 0 Å². The summed E-state index contributed by atoms with van der Waals surface area (Å²) < 4.78 is 11.0. The van der Waals surface area contributed by atoms with E-state index in [0.29, 0.717) is 24.0 Å². The van der Waals surface area contributed by atoms with Gasteiger partial charge in [-0.25, -0.2) is 0 Å². The van der Waals surface area contributed by atoms with Crippen molar-refractivity contribution in [2.24, 2.45) is 0 Å². The molecule has 2 aromatic heterocycles. The van der Waals surface area contributed by atoms with E-state index < -0.39 is 0 Å². The second-order valence-corrected chi connectivity index (χ2v) is 4.84. The number of para-hydroxylation sites is 1. The summed E-state index contributed by atoms with van der Waals surface area (Å²) in [5.74, 6) is 1.36. The van der Waals surface area contributed by atoms with Gasteiger partial charge < -0.3 is 14.3 Å². The number of hydrogen-bond acceptors (Lipinski definition) is 6. The Bertz CT molecular complexity index is 764. The summed E-state index contributed by atoms with van der Waals surface area (Å²) in [6.45, 7) is 0.674. The Balaban J connectivity index is 1.63. The smallest absolute Gasteiger partial charge is 0.246 e. The summed E-state index contributed by atoms with van der Waals surface area (Å²) >= 11 is 0. The molecular weight excluding hydrogens is 272 g/mol. The lowest BCUT2D eigenvalue weighted by atomic mass is 10.2. The number of rotatable bonds is 2. The molecule has 7 heteroatoms. The topological polar surface area (TPSA) is 93.2 Å². The number of amides is 1. The number of hydrogen-bond donors (Lipinski definition) is 2. The number of carbonyl (C=O) groups is 1. The maximum absolute atomic E-state index is 11.1. The molecule has 0 spiro atoms. The number of aromatic nitrogens is 2. The molecule has 2 N–H and O–H groups in total. The fourth-order valence-corrected chi connectivity index (χ4v) is 2.31. The summed E-state index contributed by atoms with van der Waals surface area (Å²) in [5.41, 5.74) is 0.780. The molecule has 0 radical (unpaired) electrons. The van der Waals surface area contributed by atoms with Gasteiger partial charge >= 0.3 is 0 Å². The molecule has 1 atom stereocenters. The van der Waals surface area contributed by atoms with Crippen LogP contribution in [0.2, 0.25) is 0 Å². The molecule has 7 nitrogen and oxygen atoms in total. The van der Waals surface area contributed by atoms with E-state index in [2.05, 4.69) is 20.8 Å². The second kappa shape index (κ2) is 4.71. The average Bonchev–Trinajstić information content (AvgIpc) is 3.14. The van der Waals surface area contributed by atoms with E-state index in [-0.39, 0.29) is 18.5 Å². The van der Waals surface area contributed by atoms with Gasteiger partial charge in [0, 0.05) is 11.9 Å². The zero-order valence-corrected chi connectivity index (χ0v) is 11.0. The first-order valence-corrected chi connectivity index (χ1v) is 6.62. The van der Waals surface area contributed by atoms with Crippen LogP contribution in [0.4, 0.5) is 0 Å². The maximum Gasteiger partial charge on any atom is 0.246 e. The van der Waals surface area contributed by atoms with Gasteiger partial charge in [0.1, 0.15) is 11.6 Å². The average molecular weight is 284 g/mol. The molecule has 1 unspecified atom stereocenters. The van der Waals surface area contributed by atoms with Crippen LogP contribution in [-0.4, -0.2) is 29.1 Å². The Kier molecular flexibility index (Phi) is 2.71. The van der Waals surface area contributed by atoms with E-state index in [4.69, 9.17) is 8.94 Å². The fraction of sp³-hybridized carbons (Fsp3) is 0.214. The molecule has 0 bridgehead atoms. The van der Waals surface area contributed by atoms with E-state index >= 15 is 0 Å². The van der Waals surface area contributed by atoms with E-state index in [0.717, 1.165) is 11.0 Å². The summed E-state index contributed by atoms with van der Waals surface area (Å²) in [4.78, 5) is 15.4. The van der Waals surface area contributed by atoms with Gasteiger partial charge in [0.25, 0.3) is 0 Å². The maximum atomic E-state index is 11.1.